The lowest BCUT2D eigenvalue weighted by Gasteiger charge is -2.33. The van der Waals surface area contributed by atoms with Crippen LogP contribution in [0.4, 0.5) is 0 Å². The maximum atomic E-state index is 12.3. The lowest BCUT2D eigenvalue weighted by molar-refractivity contribution is -0.122. The Labute approximate surface area is 151 Å². The first kappa shape index (κ1) is 17.5. The van der Waals surface area contributed by atoms with Gasteiger partial charge in [0.2, 0.25) is 5.91 Å². The number of halogens is 1. The molecule has 0 bridgehead atoms. The van der Waals surface area contributed by atoms with Crippen molar-refractivity contribution in [2.45, 2.75) is 6.54 Å². The average molecular weight is 362 g/mol. The van der Waals surface area contributed by atoms with Crippen LogP contribution >= 0.6 is 11.6 Å². The minimum Gasteiger partial charge on any atom is -0.440 e. The second kappa shape index (κ2) is 8.18. The minimum absolute atomic E-state index is 0.0126. The van der Waals surface area contributed by atoms with Gasteiger partial charge in [0.1, 0.15) is 0 Å². The molecule has 0 aliphatic carbocycles. The molecule has 2 amide bonds. The van der Waals surface area contributed by atoms with Crippen LogP contribution in [-0.2, 0) is 11.3 Å². The number of nitrogens with one attached hydrogen (secondary N) is 1. The molecule has 1 aromatic carbocycles. The molecule has 0 atom stereocenters. The van der Waals surface area contributed by atoms with Gasteiger partial charge in [-0.2, -0.15) is 0 Å². The second-order valence-electron chi connectivity index (χ2n) is 5.93. The van der Waals surface area contributed by atoms with E-state index in [4.69, 9.17) is 16.0 Å². The second-order valence-corrected chi connectivity index (χ2v) is 6.31. The molecule has 0 saturated carbocycles. The van der Waals surface area contributed by atoms with Gasteiger partial charge in [0, 0.05) is 32.7 Å². The predicted octanol–water partition coefficient (Wildman–Crippen LogP) is 2.01. The first-order valence-corrected chi connectivity index (χ1v) is 8.57. The quantitative estimate of drug-likeness (QED) is 0.884. The fraction of sp³-hybridized carbons (Fsp3) is 0.333. The Morgan fingerprint density at radius 1 is 1.04 bits per heavy atom. The van der Waals surface area contributed by atoms with E-state index in [9.17, 15) is 9.59 Å². The predicted molar refractivity (Wildman–Crippen MR) is 94.4 cm³/mol. The zero-order chi connectivity index (χ0) is 17.6. The molecule has 2 aromatic rings. The number of carbonyl (C=O) groups is 2. The largest absolute Gasteiger partial charge is 0.440 e. The summed E-state index contributed by atoms with van der Waals surface area (Å²) in [4.78, 5) is 28.1. The Bertz CT molecular complexity index is 724. The third kappa shape index (κ3) is 4.84. The van der Waals surface area contributed by atoms with Crippen LogP contribution in [0.3, 0.4) is 0 Å². The molecule has 0 radical (unpaired) electrons. The van der Waals surface area contributed by atoms with Gasteiger partial charge in [0.25, 0.3) is 5.91 Å². The summed E-state index contributed by atoms with van der Waals surface area (Å²) in [5, 5.41) is 3.12. The van der Waals surface area contributed by atoms with E-state index in [1.54, 1.807) is 17.0 Å². The molecule has 1 aliphatic heterocycles. The summed E-state index contributed by atoms with van der Waals surface area (Å²) in [7, 11) is 0. The smallest absolute Gasteiger partial charge is 0.289 e. The molecule has 6 nitrogen and oxygen atoms in total. The van der Waals surface area contributed by atoms with Crippen LogP contribution in [0.15, 0.2) is 46.9 Å². The molecular formula is C18H20ClN3O3. The molecule has 2 heterocycles. The third-order valence-corrected chi connectivity index (χ3v) is 4.35. The minimum atomic E-state index is -0.167. The van der Waals surface area contributed by atoms with Crippen LogP contribution in [0.1, 0.15) is 16.1 Å². The van der Waals surface area contributed by atoms with E-state index in [-0.39, 0.29) is 22.8 Å². The van der Waals surface area contributed by atoms with Gasteiger partial charge >= 0.3 is 0 Å². The molecule has 1 N–H and O–H groups in total. The van der Waals surface area contributed by atoms with Crippen molar-refractivity contribution in [3.8, 4) is 0 Å². The first-order valence-electron chi connectivity index (χ1n) is 8.19. The third-order valence-electron chi connectivity index (χ3n) is 4.14. The van der Waals surface area contributed by atoms with E-state index in [0.717, 1.165) is 5.56 Å². The maximum Gasteiger partial charge on any atom is 0.289 e. The Balaban J connectivity index is 1.41. The van der Waals surface area contributed by atoms with Crippen molar-refractivity contribution in [1.82, 2.24) is 15.1 Å². The van der Waals surface area contributed by atoms with Gasteiger partial charge in [-0.05, 0) is 29.3 Å². The fourth-order valence-corrected chi connectivity index (χ4v) is 2.90. The Hall–Kier alpha value is -2.31. The summed E-state index contributed by atoms with van der Waals surface area (Å²) in [6, 6.07) is 12.9. The molecule has 7 heteroatoms. The summed E-state index contributed by atoms with van der Waals surface area (Å²) in [6.45, 7) is 3.28. The Morgan fingerprint density at radius 2 is 1.76 bits per heavy atom. The normalized spacial score (nSPS) is 15.2. The Kier molecular flexibility index (Phi) is 5.73. The van der Waals surface area contributed by atoms with Crippen molar-refractivity contribution in [1.29, 1.82) is 0 Å². The number of carbonyl (C=O) groups excluding carboxylic acids is 2. The molecule has 1 fully saturated rings. The van der Waals surface area contributed by atoms with Crippen LogP contribution in [-0.4, -0.2) is 54.3 Å². The van der Waals surface area contributed by atoms with Crippen LogP contribution in [0.2, 0.25) is 5.22 Å². The van der Waals surface area contributed by atoms with E-state index < -0.39 is 0 Å². The summed E-state index contributed by atoms with van der Waals surface area (Å²) in [6.07, 6.45) is 0. The van der Waals surface area contributed by atoms with Crippen LogP contribution in [0.25, 0.3) is 0 Å². The van der Waals surface area contributed by atoms with Gasteiger partial charge in [-0.25, -0.2) is 0 Å². The first-order chi connectivity index (χ1) is 12.1. The highest BCUT2D eigenvalue weighted by atomic mass is 35.5. The molecule has 25 heavy (non-hydrogen) atoms. The Morgan fingerprint density at radius 3 is 2.40 bits per heavy atom. The van der Waals surface area contributed by atoms with Crippen LogP contribution in [0.5, 0.6) is 0 Å². The molecule has 132 valence electrons. The molecule has 0 unspecified atom stereocenters. The van der Waals surface area contributed by atoms with Gasteiger partial charge in [-0.1, -0.05) is 30.3 Å². The molecule has 1 saturated heterocycles. The van der Waals surface area contributed by atoms with E-state index in [1.165, 1.54) is 0 Å². The van der Waals surface area contributed by atoms with Crippen molar-refractivity contribution in [2.24, 2.45) is 0 Å². The van der Waals surface area contributed by atoms with Gasteiger partial charge in [-0.15, -0.1) is 0 Å². The number of nitrogens with zero attached hydrogens (tertiary/aromatic N) is 2. The summed E-state index contributed by atoms with van der Waals surface area (Å²) >= 11 is 5.71. The highest BCUT2D eigenvalue weighted by molar-refractivity contribution is 6.29. The van der Waals surface area contributed by atoms with E-state index >= 15 is 0 Å². The summed E-state index contributed by atoms with van der Waals surface area (Å²) in [5.74, 6) is 0.0700. The monoisotopic (exact) mass is 361 g/mol. The number of amides is 2. The molecule has 0 spiro atoms. The van der Waals surface area contributed by atoms with Crippen LogP contribution < -0.4 is 5.32 Å². The number of benzene rings is 1. The van der Waals surface area contributed by atoms with E-state index in [2.05, 4.69) is 5.32 Å². The van der Waals surface area contributed by atoms with Gasteiger partial charge < -0.3 is 14.6 Å². The number of rotatable bonds is 5. The maximum absolute atomic E-state index is 12.3. The molecule has 1 aliphatic rings. The fourth-order valence-electron chi connectivity index (χ4n) is 2.75. The topological polar surface area (TPSA) is 65.8 Å². The van der Waals surface area contributed by atoms with Crippen molar-refractivity contribution in [3.63, 3.8) is 0 Å². The van der Waals surface area contributed by atoms with Gasteiger partial charge in [0.05, 0.1) is 6.54 Å². The number of piperazine rings is 1. The molecule has 1 aromatic heterocycles. The van der Waals surface area contributed by atoms with Gasteiger partial charge in [-0.3, -0.25) is 14.5 Å². The molecule has 3 rings (SSSR count). The zero-order valence-electron chi connectivity index (χ0n) is 13.8. The number of furan rings is 1. The van der Waals surface area contributed by atoms with Crippen molar-refractivity contribution in [2.75, 3.05) is 32.7 Å². The number of hydrogen-bond donors (Lipinski definition) is 1. The van der Waals surface area contributed by atoms with Crippen molar-refractivity contribution < 1.29 is 14.0 Å². The average Bonchev–Trinajstić information content (AvgIpc) is 3.07. The van der Waals surface area contributed by atoms with E-state index in [1.807, 2.05) is 35.2 Å². The highest BCUT2D eigenvalue weighted by Crippen LogP contribution is 2.16. The van der Waals surface area contributed by atoms with E-state index in [0.29, 0.717) is 39.3 Å². The zero-order valence-corrected chi connectivity index (χ0v) is 14.5. The lowest BCUT2D eigenvalue weighted by Crippen LogP contribution is -2.51. The SMILES string of the molecule is O=C(CN1CCN(C(=O)c2ccc(Cl)o2)CC1)NCc1ccccc1. The van der Waals surface area contributed by atoms with Crippen molar-refractivity contribution >= 4 is 23.4 Å². The van der Waals surface area contributed by atoms with Crippen molar-refractivity contribution in [3.05, 3.63) is 59.0 Å². The van der Waals surface area contributed by atoms with Gasteiger partial charge in [0.15, 0.2) is 11.0 Å². The lowest BCUT2D eigenvalue weighted by atomic mass is 10.2. The number of hydrogen-bond acceptors (Lipinski definition) is 4. The standard InChI is InChI=1S/C18H20ClN3O3/c19-16-7-6-15(25-16)18(24)22-10-8-21(9-11-22)13-17(23)20-12-14-4-2-1-3-5-14/h1-7H,8-13H2,(H,20,23). The highest BCUT2D eigenvalue weighted by Gasteiger charge is 2.25. The molecular weight excluding hydrogens is 342 g/mol. The summed E-state index contributed by atoms with van der Waals surface area (Å²) in [5.41, 5.74) is 1.07. The summed E-state index contributed by atoms with van der Waals surface area (Å²) < 4.78 is 5.16. The van der Waals surface area contributed by atoms with Crippen LogP contribution in [0, 0.1) is 0 Å².